The van der Waals surface area contributed by atoms with E-state index in [-0.39, 0.29) is 11.9 Å². The van der Waals surface area contributed by atoms with Crippen molar-refractivity contribution in [3.05, 3.63) is 50.9 Å². The van der Waals surface area contributed by atoms with Gasteiger partial charge in [0.2, 0.25) is 0 Å². The summed E-state index contributed by atoms with van der Waals surface area (Å²) in [6.07, 6.45) is 0.733. The largest absolute Gasteiger partial charge is 0.491 e. The van der Waals surface area contributed by atoms with Crippen molar-refractivity contribution in [2.24, 2.45) is 0 Å². The maximum absolute atomic E-state index is 12.7. The summed E-state index contributed by atoms with van der Waals surface area (Å²) in [4.78, 5) is 18.4. The normalized spacial score (nSPS) is 16.3. The summed E-state index contributed by atoms with van der Waals surface area (Å²) in [7, 11) is 0. The highest BCUT2D eigenvalue weighted by Gasteiger charge is 2.24. The summed E-state index contributed by atoms with van der Waals surface area (Å²) in [5, 5.41) is 3.86. The molecule has 5 nitrogen and oxygen atoms in total. The highest BCUT2D eigenvalue weighted by Crippen LogP contribution is 2.33. The molecular formula is C18H16BrN3O2S. The third-order valence-electron chi connectivity index (χ3n) is 4.21. The van der Waals surface area contributed by atoms with Gasteiger partial charge in [0, 0.05) is 15.6 Å². The minimum Gasteiger partial charge on any atom is -0.491 e. The molecule has 0 bridgehead atoms. The average Bonchev–Trinajstić information content (AvgIpc) is 2.91. The summed E-state index contributed by atoms with van der Waals surface area (Å²) in [5.41, 5.74) is 8.64. The van der Waals surface area contributed by atoms with Gasteiger partial charge in [-0.05, 0) is 43.2 Å². The number of carbonyl (C=O) groups is 1. The second-order valence-electron chi connectivity index (χ2n) is 6.09. The molecule has 0 radical (unpaired) electrons. The summed E-state index contributed by atoms with van der Waals surface area (Å²) in [5.74, 6) is 0.688. The van der Waals surface area contributed by atoms with E-state index < -0.39 is 0 Å². The van der Waals surface area contributed by atoms with Crippen molar-refractivity contribution >= 4 is 49.1 Å². The lowest BCUT2D eigenvalue weighted by Crippen LogP contribution is -2.42. The number of nitrogens with zero attached hydrogens (tertiary/aromatic N) is 1. The number of aryl methyl sites for hydroxylation is 1. The molecule has 3 heterocycles. The van der Waals surface area contributed by atoms with Crippen LogP contribution in [0, 0.1) is 6.92 Å². The molecule has 2 aromatic heterocycles. The van der Waals surface area contributed by atoms with E-state index in [1.807, 2.05) is 37.3 Å². The number of rotatable bonds is 2. The van der Waals surface area contributed by atoms with E-state index >= 15 is 0 Å². The highest BCUT2D eigenvalue weighted by molar-refractivity contribution is 9.10. The summed E-state index contributed by atoms with van der Waals surface area (Å²) in [6.45, 7) is 2.36. The van der Waals surface area contributed by atoms with Crippen molar-refractivity contribution in [1.82, 2.24) is 10.3 Å². The third kappa shape index (κ3) is 3.09. The Kier molecular flexibility index (Phi) is 4.13. The predicted octanol–water partition coefficient (Wildman–Crippen LogP) is 3.68. The molecule has 0 saturated carbocycles. The van der Waals surface area contributed by atoms with E-state index in [1.54, 1.807) is 0 Å². The Morgan fingerprint density at radius 1 is 1.40 bits per heavy atom. The van der Waals surface area contributed by atoms with Crippen LogP contribution in [0.5, 0.6) is 5.75 Å². The number of thiophene rings is 1. The number of aromatic nitrogens is 1. The molecule has 1 aromatic carbocycles. The summed E-state index contributed by atoms with van der Waals surface area (Å²) < 4.78 is 6.75. The second kappa shape index (κ2) is 6.31. The SMILES string of the molecule is Cc1ccc2c(N)c(C(=O)NC3COc4cc(Br)ccc4C3)sc2n1. The monoisotopic (exact) mass is 417 g/mol. The fraction of sp³-hybridized carbons (Fsp3) is 0.222. The molecule has 4 rings (SSSR count). The van der Waals surface area contributed by atoms with Crippen LogP contribution in [0.25, 0.3) is 10.2 Å². The molecule has 25 heavy (non-hydrogen) atoms. The first-order valence-electron chi connectivity index (χ1n) is 7.89. The van der Waals surface area contributed by atoms with Gasteiger partial charge in [-0.1, -0.05) is 22.0 Å². The number of anilines is 1. The first-order valence-corrected chi connectivity index (χ1v) is 9.50. The predicted molar refractivity (Wildman–Crippen MR) is 103 cm³/mol. The van der Waals surface area contributed by atoms with Crippen molar-refractivity contribution in [2.45, 2.75) is 19.4 Å². The summed E-state index contributed by atoms with van der Waals surface area (Å²) in [6, 6.07) is 9.67. The number of amides is 1. The quantitative estimate of drug-likeness (QED) is 0.666. The lowest BCUT2D eigenvalue weighted by atomic mass is 10.0. The van der Waals surface area contributed by atoms with E-state index in [2.05, 4.69) is 26.2 Å². The van der Waals surface area contributed by atoms with Crippen LogP contribution in [0.15, 0.2) is 34.8 Å². The number of carbonyl (C=O) groups excluding carboxylic acids is 1. The van der Waals surface area contributed by atoms with Crippen LogP contribution < -0.4 is 15.8 Å². The second-order valence-corrected chi connectivity index (χ2v) is 8.00. The van der Waals surface area contributed by atoms with Gasteiger partial charge in [0.05, 0.1) is 11.7 Å². The number of halogens is 1. The standard InChI is InChI=1S/C18H16BrN3O2S/c1-9-2-5-13-15(20)16(25-18(13)21-9)17(23)22-12-6-10-3-4-11(19)7-14(10)24-8-12/h2-5,7,12H,6,8,20H2,1H3,(H,22,23). The van der Waals surface area contributed by atoms with Gasteiger partial charge in [0.1, 0.15) is 22.1 Å². The Hall–Kier alpha value is -2.12. The molecule has 1 amide bonds. The van der Waals surface area contributed by atoms with Gasteiger partial charge in [-0.15, -0.1) is 11.3 Å². The first-order chi connectivity index (χ1) is 12.0. The van der Waals surface area contributed by atoms with Gasteiger partial charge in [-0.2, -0.15) is 0 Å². The number of fused-ring (bicyclic) bond motifs is 2. The lowest BCUT2D eigenvalue weighted by molar-refractivity contribution is 0.0920. The average molecular weight is 418 g/mol. The molecule has 128 valence electrons. The fourth-order valence-electron chi connectivity index (χ4n) is 2.95. The van der Waals surface area contributed by atoms with Gasteiger partial charge in [-0.3, -0.25) is 4.79 Å². The number of hydrogen-bond acceptors (Lipinski definition) is 5. The Labute approximate surface area is 157 Å². The number of ether oxygens (including phenoxy) is 1. The minimum atomic E-state index is -0.174. The van der Waals surface area contributed by atoms with Crippen LogP contribution in [-0.4, -0.2) is 23.5 Å². The number of nitrogens with one attached hydrogen (secondary N) is 1. The molecular weight excluding hydrogens is 402 g/mol. The maximum Gasteiger partial charge on any atom is 0.263 e. The maximum atomic E-state index is 12.7. The third-order valence-corrected chi connectivity index (χ3v) is 5.82. The smallest absolute Gasteiger partial charge is 0.263 e. The topological polar surface area (TPSA) is 77.2 Å². The molecule has 0 spiro atoms. The van der Waals surface area contributed by atoms with Crippen molar-refractivity contribution in [3.8, 4) is 5.75 Å². The molecule has 0 fully saturated rings. The number of nitrogens with two attached hydrogens (primary N) is 1. The van der Waals surface area contributed by atoms with E-state index in [0.29, 0.717) is 17.2 Å². The number of hydrogen-bond donors (Lipinski definition) is 2. The zero-order chi connectivity index (χ0) is 17.6. The Morgan fingerprint density at radius 2 is 2.24 bits per heavy atom. The Morgan fingerprint density at radius 3 is 3.08 bits per heavy atom. The van der Waals surface area contributed by atoms with Crippen LogP contribution in [-0.2, 0) is 6.42 Å². The van der Waals surface area contributed by atoms with Crippen LogP contribution in [0.1, 0.15) is 20.9 Å². The molecule has 0 saturated heterocycles. The highest BCUT2D eigenvalue weighted by atomic mass is 79.9. The van der Waals surface area contributed by atoms with E-state index in [9.17, 15) is 4.79 Å². The number of pyridine rings is 1. The van der Waals surface area contributed by atoms with Crippen molar-refractivity contribution in [1.29, 1.82) is 0 Å². The minimum absolute atomic E-state index is 0.0829. The molecule has 3 N–H and O–H groups in total. The van der Waals surface area contributed by atoms with Crippen LogP contribution >= 0.6 is 27.3 Å². The zero-order valence-electron chi connectivity index (χ0n) is 13.5. The van der Waals surface area contributed by atoms with Crippen molar-refractivity contribution in [2.75, 3.05) is 12.3 Å². The van der Waals surface area contributed by atoms with E-state index in [1.165, 1.54) is 11.3 Å². The van der Waals surface area contributed by atoms with Gasteiger partial charge in [0.15, 0.2) is 0 Å². The molecule has 1 aliphatic heterocycles. The molecule has 3 aromatic rings. The van der Waals surface area contributed by atoms with Crippen LogP contribution in [0.4, 0.5) is 5.69 Å². The van der Waals surface area contributed by atoms with Crippen molar-refractivity contribution in [3.63, 3.8) is 0 Å². The van der Waals surface area contributed by atoms with E-state index in [0.717, 1.165) is 38.1 Å². The molecule has 1 atom stereocenters. The van der Waals surface area contributed by atoms with Gasteiger partial charge >= 0.3 is 0 Å². The Bertz CT molecular complexity index is 986. The fourth-order valence-corrected chi connectivity index (χ4v) is 4.33. The van der Waals surface area contributed by atoms with Gasteiger partial charge in [-0.25, -0.2) is 4.98 Å². The number of benzene rings is 1. The molecule has 0 aliphatic carbocycles. The molecule has 1 unspecified atom stereocenters. The Balaban J connectivity index is 1.55. The van der Waals surface area contributed by atoms with E-state index in [4.69, 9.17) is 10.5 Å². The molecule has 7 heteroatoms. The van der Waals surface area contributed by atoms with Gasteiger partial charge < -0.3 is 15.8 Å². The van der Waals surface area contributed by atoms with Crippen molar-refractivity contribution < 1.29 is 9.53 Å². The van der Waals surface area contributed by atoms with Crippen LogP contribution in [0.3, 0.4) is 0 Å². The number of nitrogen functional groups attached to an aromatic ring is 1. The summed E-state index contributed by atoms with van der Waals surface area (Å²) >= 11 is 4.77. The first kappa shape index (κ1) is 16.4. The molecule has 1 aliphatic rings. The van der Waals surface area contributed by atoms with Crippen LogP contribution in [0.2, 0.25) is 0 Å². The van der Waals surface area contributed by atoms with Gasteiger partial charge in [0.25, 0.3) is 5.91 Å². The zero-order valence-corrected chi connectivity index (χ0v) is 15.9. The lowest BCUT2D eigenvalue weighted by Gasteiger charge is -2.26.